The quantitative estimate of drug-likeness (QED) is 0.778. The highest BCUT2D eigenvalue weighted by atomic mass is 35.5. The van der Waals surface area contributed by atoms with Crippen molar-refractivity contribution in [2.24, 2.45) is 7.05 Å². The van der Waals surface area contributed by atoms with Crippen LogP contribution in [0, 0.1) is 0 Å². The highest BCUT2D eigenvalue weighted by Gasteiger charge is 2.05. The van der Waals surface area contributed by atoms with Crippen molar-refractivity contribution in [3.05, 3.63) is 21.6 Å². The molecule has 13 heavy (non-hydrogen) atoms. The molecule has 0 aliphatic heterocycles. The molecular weight excluding hydrogens is 213 g/mol. The molecule has 4 nitrogen and oxygen atoms in total. The first kappa shape index (κ1) is 10.3. The summed E-state index contributed by atoms with van der Waals surface area (Å²) in [7, 11) is 1.54. The van der Waals surface area contributed by atoms with Gasteiger partial charge in [-0.15, -0.1) is 11.6 Å². The van der Waals surface area contributed by atoms with E-state index in [1.54, 1.807) is 7.05 Å². The molecule has 0 aliphatic rings. The third-order valence-electron chi connectivity index (χ3n) is 1.49. The lowest BCUT2D eigenvalue weighted by atomic mass is 10.4. The molecule has 0 aliphatic carbocycles. The molecular formula is C7H9Cl2N3O. The molecule has 0 spiro atoms. The van der Waals surface area contributed by atoms with Crippen LogP contribution in [0.15, 0.2) is 11.0 Å². The zero-order chi connectivity index (χ0) is 9.84. The summed E-state index contributed by atoms with van der Waals surface area (Å²) in [6.07, 6.45) is 1.50. The number of nitrogens with zero attached hydrogens (tertiary/aromatic N) is 2. The van der Waals surface area contributed by atoms with E-state index in [1.807, 2.05) is 0 Å². The fraction of sp³-hybridized carbons (Fsp3) is 0.429. The monoisotopic (exact) mass is 221 g/mol. The highest BCUT2D eigenvalue weighted by molar-refractivity contribution is 6.32. The largest absolute Gasteiger partial charge is 0.381 e. The number of nitrogens with one attached hydrogen (secondary N) is 1. The van der Waals surface area contributed by atoms with E-state index >= 15 is 0 Å². The molecule has 1 aromatic heterocycles. The number of anilines is 1. The Morgan fingerprint density at radius 3 is 3.00 bits per heavy atom. The molecule has 0 saturated carbocycles. The van der Waals surface area contributed by atoms with Gasteiger partial charge in [-0.3, -0.25) is 4.79 Å². The van der Waals surface area contributed by atoms with Crippen LogP contribution in [0.2, 0.25) is 5.02 Å². The summed E-state index contributed by atoms with van der Waals surface area (Å²) in [6.45, 7) is 0.552. The molecule has 6 heteroatoms. The van der Waals surface area contributed by atoms with Crippen LogP contribution < -0.4 is 10.9 Å². The number of rotatable bonds is 3. The molecule has 1 N–H and O–H groups in total. The van der Waals surface area contributed by atoms with Crippen molar-refractivity contribution in [1.29, 1.82) is 0 Å². The molecule has 0 fully saturated rings. The second-order valence-electron chi connectivity index (χ2n) is 2.42. The van der Waals surface area contributed by atoms with E-state index in [-0.39, 0.29) is 10.6 Å². The standard InChI is InChI=1S/C7H9Cl2N3O/c1-12-7(13)6(9)5(4-11-12)10-3-2-8/h4,10H,2-3H2,1H3. The van der Waals surface area contributed by atoms with Gasteiger partial charge in [0.15, 0.2) is 0 Å². The van der Waals surface area contributed by atoms with Crippen LogP contribution in [-0.2, 0) is 7.05 Å². The van der Waals surface area contributed by atoms with Crippen LogP contribution in [0.25, 0.3) is 0 Å². The van der Waals surface area contributed by atoms with Crippen molar-refractivity contribution < 1.29 is 0 Å². The lowest BCUT2D eigenvalue weighted by Crippen LogP contribution is -2.21. The minimum absolute atomic E-state index is 0.141. The van der Waals surface area contributed by atoms with Gasteiger partial charge >= 0.3 is 0 Å². The summed E-state index contributed by atoms with van der Waals surface area (Å²) in [5.74, 6) is 0.450. The minimum Gasteiger partial charge on any atom is -0.381 e. The Bertz CT molecular complexity index is 350. The van der Waals surface area contributed by atoms with E-state index < -0.39 is 0 Å². The predicted octanol–water partition coefficient (Wildman–Crippen LogP) is 1.08. The van der Waals surface area contributed by atoms with Crippen molar-refractivity contribution in [2.45, 2.75) is 0 Å². The summed E-state index contributed by atoms with van der Waals surface area (Å²) in [5, 5.41) is 6.84. The average Bonchev–Trinajstić information content (AvgIpc) is 2.13. The second kappa shape index (κ2) is 4.48. The number of hydrogen-bond acceptors (Lipinski definition) is 3. The van der Waals surface area contributed by atoms with Crippen molar-refractivity contribution in [1.82, 2.24) is 9.78 Å². The molecule has 72 valence electrons. The Labute approximate surface area is 85.5 Å². The maximum absolute atomic E-state index is 11.2. The molecule has 1 rings (SSSR count). The Hall–Kier alpha value is -0.740. The molecule has 0 radical (unpaired) electrons. The number of aromatic nitrogens is 2. The molecule has 1 heterocycles. The maximum atomic E-state index is 11.2. The number of alkyl halides is 1. The van der Waals surface area contributed by atoms with Gasteiger partial charge in [0, 0.05) is 19.5 Å². The summed E-state index contributed by atoms with van der Waals surface area (Å²) in [4.78, 5) is 11.2. The predicted molar refractivity (Wildman–Crippen MR) is 53.7 cm³/mol. The fourth-order valence-electron chi connectivity index (χ4n) is 0.816. The van der Waals surface area contributed by atoms with Crippen LogP contribution in [0.3, 0.4) is 0 Å². The molecule has 0 aromatic carbocycles. The number of hydrogen-bond donors (Lipinski definition) is 1. The van der Waals surface area contributed by atoms with Crippen LogP contribution >= 0.6 is 23.2 Å². The third-order valence-corrected chi connectivity index (χ3v) is 2.04. The Balaban J connectivity index is 2.97. The van der Waals surface area contributed by atoms with Crippen molar-refractivity contribution >= 4 is 28.9 Å². The SMILES string of the molecule is Cn1ncc(NCCCl)c(Cl)c1=O. The average molecular weight is 222 g/mol. The van der Waals surface area contributed by atoms with Crippen molar-refractivity contribution in [3.63, 3.8) is 0 Å². The van der Waals surface area contributed by atoms with E-state index in [9.17, 15) is 4.79 Å². The number of aryl methyl sites for hydroxylation is 1. The van der Waals surface area contributed by atoms with E-state index in [1.165, 1.54) is 10.9 Å². The molecule has 0 atom stereocenters. The van der Waals surface area contributed by atoms with E-state index in [0.29, 0.717) is 18.1 Å². The Morgan fingerprint density at radius 2 is 2.38 bits per heavy atom. The van der Waals surface area contributed by atoms with Crippen molar-refractivity contribution in [2.75, 3.05) is 17.7 Å². The van der Waals surface area contributed by atoms with Gasteiger partial charge in [-0.2, -0.15) is 5.10 Å². The lowest BCUT2D eigenvalue weighted by molar-refractivity contribution is 0.708. The van der Waals surface area contributed by atoms with Gasteiger partial charge in [0.1, 0.15) is 5.02 Å². The summed E-state index contributed by atoms with van der Waals surface area (Å²) < 4.78 is 1.17. The molecule has 0 unspecified atom stereocenters. The summed E-state index contributed by atoms with van der Waals surface area (Å²) >= 11 is 11.2. The van der Waals surface area contributed by atoms with Crippen molar-refractivity contribution in [3.8, 4) is 0 Å². The smallest absolute Gasteiger partial charge is 0.287 e. The van der Waals surface area contributed by atoms with E-state index in [2.05, 4.69) is 10.4 Å². The van der Waals surface area contributed by atoms with Gasteiger partial charge in [0.05, 0.1) is 11.9 Å². The van der Waals surface area contributed by atoms with Gasteiger partial charge in [-0.25, -0.2) is 4.68 Å². The van der Waals surface area contributed by atoms with Gasteiger partial charge in [0.25, 0.3) is 5.56 Å². The van der Waals surface area contributed by atoms with Crippen LogP contribution in [0.5, 0.6) is 0 Å². The van der Waals surface area contributed by atoms with E-state index in [0.717, 1.165) is 0 Å². The third kappa shape index (κ3) is 2.35. The molecule has 0 bridgehead atoms. The second-order valence-corrected chi connectivity index (χ2v) is 3.17. The van der Waals surface area contributed by atoms with Crippen LogP contribution in [-0.4, -0.2) is 22.2 Å². The zero-order valence-electron chi connectivity index (χ0n) is 7.05. The normalized spacial score (nSPS) is 10.1. The van der Waals surface area contributed by atoms with Crippen LogP contribution in [0.1, 0.15) is 0 Å². The first-order chi connectivity index (χ1) is 6.16. The molecule has 0 saturated heterocycles. The Morgan fingerprint density at radius 1 is 1.69 bits per heavy atom. The van der Waals surface area contributed by atoms with Crippen LogP contribution in [0.4, 0.5) is 5.69 Å². The topological polar surface area (TPSA) is 46.9 Å². The van der Waals surface area contributed by atoms with Gasteiger partial charge in [0.2, 0.25) is 0 Å². The lowest BCUT2D eigenvalue weighted by Gasteiger charge is -2.05. The first-order valence-electron chi connectivity index (χ1n) is 3.68. The van der Waals surface area contributed by atoms with Gasteiger partial charge < -0.3 is 5.32 Å². The fourth-order valence-corrected chi connectivity index (χ4v) is 1.15. The molecule has 1 aromatic rings. The van der Waals surface area contributed by atoms with Gasteiger partial charge in [-0.1, -0.05) is 11.6 Å². The Kier molecular flexibility index (Phi) is 3.57. The summed E-state index contributed by atoms with van der Waals surface area (Å²) in [6, 6.07) is 0. The van der Waals surface area contributed by atoms with E-state index in [4.69, 9.17) is 23.2 Å². The number of halogens is 2. The minimum atomic E-state index is -0.318. The molecule has 0 amide bonds. The van der Waals surface area contributed by atoms with Gasteiger partial charge in [-0.05, 0) is 0 Å². The first-order valence-corrected chi connectivity index (χ1v) is 4.59. The zero-order valence-corrected chi connectivity index (χ0v) is 8.56. The highest BCUT2D eigenvalue weighted by Crippen LogP contribution is 2.14. The maximum Gasteiger partial charge on any atom is 0.287 e. The summed E-state index contributed by atoms with van der Waals surface area (Å²) in [5.41, 5.74) is 0.201.